The summed E-state index contributed by atoms with van der Waals surface area (Å²) < 4.78 is 0. The Balaban J connectivity index is 1.41. The molecule has 0 bridgehead atoms. The minimum absolute atomic E-state index is 0.0788. The second-order valence-electron chi connectivity index (χ2n) is 6.27. The highest BCUT2D eigenvalue weighted by atomic mass is 35.5. The van der Waals surface area contributed by atoms with E-state index in [1.54, 1.807) is 6.20 Å². The van der Waals surface area contributed by atoms with Gasteiger partial charge in [0.25, 0.3) is 0 Å². The van der Waals surface area contributed by atoms with Crippen LogP contribution in [0.25, 0.3) is 0 Å². The van der Waals surface area contributed by atoms with Crippen molar-refractivity contribution in [1.82, 2.24) is 20.2 Å². The summed E-state index contributed by atoms with van der Waals surface area (Å²) >= 11 is 5.95. The molecule has 128 valence electrons. The maximum Gasteiger partial charge on any atom is 0.221 e. The summed E-state index contributed by atoms with van der Waals surface area (Å²) in [5, 5.41) is 3.66. The molecular weight excluding hydrogens is 324 g/mol. The van der Waals surface area contributed by atoms with Crippen molar-refractivity contribution >= 4 is 17.5 Å². The molecule has 2 aromatic rings. The topological polar surface area (TPSA) is 61.0 Å². The number of carbonyl (C=O) groups is 1. The van der Waals surface area contributed by atoms with E-state index in [0.29, 0.717) is 23.9 Å². The lowest BCUT2D eigenvalue weighted by molar-refractivity contribution is -0.121. The number of imidazole rings is 1. The van der Waals surface area contributed by atoms with Crippen LogP contribution in [-0.4, -0.2) is 40.4 Å². The predicted octanol–water partition coefficient (Wildman–Crippen LogP) is 2.95. The van der Waals surface area contributed by atoms with Crippen molar-refractivity contribution in [3.05, 3.63) is 53.1 Å². The van der Waals surface area contributed by atoms with Crippen LogP contribution in [0.2, 0.25) is 5.02 Å². The van der Waals surface area contributed by atoms with Crippen molar-refractivity contribution in [2.45, 2.75) is 31.7 Å². The van der Waals surface area contributed by atoms with Gasteiger partial charge in [-0.3, -0.25) is 4.79 Å². The number of H-pyrrole nitrogens is 1. The minimum Gasteiger partial charge on any atom is -0.352 e. The van der Waals surface area contributed by atoms with Crippen LogP contribution in [0, 0.1) is 0 Å². The van der Waals surface area contributed by atoms with Gasteiger partial charge < -0.3 is 15.2 Å². The normalized spacial score (nSPS) is 18.5. The van der Waals surface area contributed by atoms with E-state index in [-0.39, 0.29) is 5.91 Å². The number of aromatic amines is 1. The molecule has 3 rings (SSSR count). The molecule has 1 fully saturated rings. The largest absolute Gasteiger partial charge is 0.352 e. The van der Waals surface area contributed by atoms with Gasteiger partial charge in [0, 0.05) is 49.4 Å². The summed E-state index contributed by atoms with van der Waals surface area (Å²) in [5.41, 5.74) is 1.02. The van der Waals surface area contributed by atoms with Gasteiger partial charge in [0.2, 0.25) is 5.91 Å². The SMILES string of the molecule is O=C(CCN1CCCC(c2ncc[nH]2)C1)NCc1cccc(Cl)c1. The first-order valence-electron chi connectivity index (χ1n) is 8.43. The fourth-order valence-electron chi connectivity index (χ4n) is 3.18. The first kappa shape index (κ1) is 17.0. The smallest absolute Gasteiger partial charge is 0.221 e. The molecule has 1 aliphatic rings. The monoisotopic (exact) mass is 346 g/mol. The van der Waals surface area contributed by atoms with Crippen molar-refractivity contribution in [3.8, 4) is 0 Å². The number of hydrogen-bond acceptors (Lipinski definition) is 3. The maximum absolute atomic E-state index is 12.1. The van der Waals surface area contributed by atoms with Gasteiger partial charge in [-0.2, -0.15) is 0 Å². The van der Waals surface area contributed by atoms with Crippen molar-refractivity contribution in [1.29, 1.82) is 0 Å². The van der Waals surface area contributed by atoms with E-state index in [1.165, 1.54) is 0 Å². The second-order valence-corrected chi connectivity index (χ2v) is 6.71. The Labute approximate surface area is 147 Å². The van der Waals surface area contributed by atoms with Gasteiger partial charge in [-0.25, -0.2) is 4.98 Å². The lowest BCUT2D eigenvalue weighted by Gasteiger charge is -2.31. The van der Waals surface area contributed by atoms with Crippen LogP contribution in [0.15, 0.2) is 36.7 Å². The fourth-order valence-corrected chi connectivity index (χ4v) is 3.39. The van der Waals surface area contributed by atoms with Gasteiger partial charge in [0.15, 0.2) is 0 Å². The number of likely N-dealkylation sites (tertiary alicyclic amines) is 1. The molecule has 2 heterocycles. The van der Waals surface area contributed by atoms with Gasteiger partial charge >= 0.3 is 0 Å². The Morgan fingerprint density at radius 1 is 1.46 bits per heavy atom. The number of benzene rings is 1. The van der Waals surface area contributed by atoms with E-state index in [9.17, 15) is 4.79 Å². The molecule has 1 aromatic heterocycles. The van der Waals surface area contributed by atoms with E-state index >= 15 is 0 Å². The lowest BCUT2D eigenvalue weighted by Crippen LogP contribution is -2.37. The number of aromatic nitrogens is 2. The van der Waals surface area contributed by atoms with Crippen LogP contribution in [0.3, 0.4) is 0 Å². The highest BCUT2D eigenvalue weighted by molar-refractivity contribution is 6.30. The number of amides is 1. The first-order valence-corrected chi connectivity index (χ1v) is 8.81. The summed E-state index contributed by atoms with van der Waals surface area (Å²) in [5.74, 6) is 1.59. The molecule has 0 spiro atoms. The number of rotatable bonds is 6. The van der Waals surface area contributed by atoms with E-state index in [1.807, 2.05) is 30.5 Å². The summed E-state index contributed by atoms with van der Waals surface area (Å²) in [4.78, 5) is 22.0. The van der Waals surface area contributed by atoms with Crippen molar-refractivity contribution in [2.75, 3.05) is 19.6 Å². The highest BCUT2D eigenvalue weighted by Gasteiger charge is 2.23. The van der Waals surface area contributed by atoms with Gasteiger partial charge in [0.1, 0.15) is 5.82 Å². The molecule has 5 nitrogen and oxygen atoms in total. The summed E-state index contributed by atoms with van der Waals surface area (Å²) in [6.07, 6.45) is 6.50. The molecule has 0 aliphatic carbocycles. The van der Waals surface area contributed by atoms with Gasteiger partial charge in [0.05, 0.1) is 0 Å². The molecule has 1 atom stereocenters. The van der Waals surface area contributed by atoms with Gasteiger partial charge in [-0.15, -0.1) is 0 Å². The molecule has 24 heavy (non-hydrogen) atoms. The zero-order valence-electron chi connectivity index (χ0n) is 13.7. The van der Waals surface area contributed by atoms with E-state index in [0.717, 1.165) is 43.9 Å². The standard InChI is InChI=1S/C18H23ClN4O/c19-16-5-1-3-14(11-16)12-22-17(24)6-10-23-9-2-4-15(13-23)18-20-7-8-21-18/h1,3,5,7-8,11,15H,2,4,6,9-10,12-13H2,(H,20,21)(H,22,24). The van der Waals surface area contributed by atoms with Crippen LogP contribution in [0.5, 0.6) is 0 Å². The molecule has 1 aliphatic heterocycles. The quantitative estimate of drug-likeness (QED) is 0.845. The number of nitrogens with zero attached hydrogens (tertiary/aromatic N) is 2. The van der Waals surface area contributed by atoms with Gasteiger partial charge in [-0.1, -0.05) is 23.7 Å². The van der Waals surface area contributed by atoms with Gasteiger partial charge in [-0.05, 0) is 37.1 Å². The third-order valence-electron chi connectivity index (χ3n) is 4.45. The Morgan fingerprint density at radius 3 is 3.17 bits per heavy atom. The van der Waals surface area contributed by atoms with Crippen LogP contribution >= 0.6 is 11.6 Å². The Kier molecular flexibility index (Phi) is 5.88. The number of piperidine rings is 1. The zero-order valence-corrected chi connectivity index (χ0v) is 14.4. The third kappa shape index (κ3) is 4.82. The van der Waals surface area contributed by atoms with E-state index in [2.05, 4.69) is 20.2 Å². The third-order valence-corrected chi connectivity index (χ3v) is 4.68. The maximum atomic E-state index is 12.1. The molecule has 1 amide bonds. The molecule has 0 saturated carbocycles. The molecule has 1 saturated heterocycles. The Bertz CT molecular complexity index is 659. The van der Waals surface area contributed by atoms with E-state index in [4.69, 9.17) is 11.6 Å². The highest BCUT2D eigenvalue weighted by Crippen LogP contribution is 2.24. The van der Waals surface area contributed by atoms with Crippen LogP contribution < -0.4 is 5.32 Å². The zero-order chi connectivity index (χ0) is 16.8. The average Bonchev–Trinajstić information content (AvgIpc) is 3.13. The van der Waals surface area contributed by atoms with Crippen molar-refractivity contribution in [3.63, 3.8) is 0 Å². The summed E-state index contributed by atoms with van der Waals surface area (Å²) in [6.45, 7) is 3.33. The van der Waals surface area contributed by atoms with Crippen LogP contribution in [0.4, 0.5) is 0 Å². The number of nitrogens with one attached hydrogen (secondary N) is 2. The van der Waals surface area contributed by atoms with Crippen molar-refractivity contribution < 1.29 is 4.79 Å². The van der Waals surface area contributed by atoms with Crippen LogP contribution in [-0.2, 0) is 11.3 Å². The molecule has 0 radical (unpaired) electrons. The predicted molar refractivity (Wildman–Crippen MR) is 94.9 cm³/mol. The lowest BCUT2D eigenvalue weighted by atomic mass is 9.97. The number of halogens is 1. The summed E-state index contributed by atoms with van der Waals surface area (Å²) in [7, 11) is 0. The average molecular weight is 347 g/mol. The second kappa shape index (κ2) is 8.31. The van der Waals surface area contributed by atoms with E-state index < -0.39 is 0 Å². The molecule has 1 unspecified atom stereocenters. The molecular formula is C18H23ClN4O. The van der Waals surface area contributed by atoms with Crippen molar-refractivity contribution in [2.24, 2.45) is 0 Å². The molecule has 1 aromatic carbocycles. The van der Waals surface area contributed by atoms with Crippen LogP contribution in [0.1, 0.15) is 36.6 Å². The number of carbonyl (C=O) groups excluding carboxylic acids is 1. The minimum atomic E-state index is 0.0788. The first-order chi connectivity index (χ1) is 11.7. The summed E-state index contributed by atoms with van der Waals surface area (Å²) in [6, 6.07) is 7.57. The Hall–Kier alpha value is -1.85. The fraction of sp³-hybridized carbons (Fsp3) is 0.444. The molecule has 6 heteroatoms. The Morgan fingerprint density at radius 2 is 2.38 bits per heavy atom. The molecule has 2 N–H and O–H groups in total. The number of hydrogen-bond donors (Lipinski definition) is 2.